The van der Waals surface area contributed by atoms with Gasteiger partial charge in [0.2, 0.25) is 0 Å². The number of nitrogens with zero attached hydrogens (tertiary/aromatic N) is 1. The van der Waals surface area contributed by atoms with Crippen molar-refractivity contribution in [3.8, 4) is 11.5 Å². The zero-order valence-corrected chi connectivity index (χ0v) is 15.5. The lowest BCUT2D eigenvalue weighted by Crippen LogP contribution is -2.32. The fourth-order valence-electron chi connectivity index (χ4n) is 3.23. The Balaban J connectivity index is 1.80. The maximum atomic E-state index is 12.2. The molecule has 1 aliphatic heterocycles. The van der Waals surface area contributed by atoms with Gasteiger partial charge in [-0.25, -0.2) is 4.79 Å². The van der Waals surface area contributed by atoms with E-state index < -0.39 is 0 Å². The summed E-state index contributed by atoms with van der Waals surface area (Å²) >= 11 is 6.25. The molecular weight excluding hydrogens is 354 g/mol. The molecule has 0 unspecified atom stereocenters. The van der Waals surface area contributed by atoms with Gasteiger partial charge >= 0.3 is 5.63 Å². The summed E-state index contributed by atoms with van der Waals surface area (Å²) in [6.07, 6.45) is 0. The van der Waals surface area contributed by atoms with E-state index in [2.05, 4.69) is 0 Å². The van der Waals surface area contributed by atoms with Gasteiger partial charge in [0.25, 0.3) is 0 Å². The topological polar surface area (TPSA) is 51.9 Å². The molecule has 0 N–H and O–H groups in total. The Hall–Kier alpha value is -2.66. The van der Waals surface area contributed by atoms with Crippen molar-refractivity contribution in [2.24, 2.45) is 0 Å². The minimum atomic E-state index is -0.312. The molecule has 26 heavy (non-hydrogen) atoms. The van der Waals surface area contributed by atoms with Crippen molar-refractivity contribution in [1.29, 1.82) is 0 Å². The third kappa shape index (κ3) is 2.59. The van der Waals surface area contributed by atoms with Gasteiger partial charge in [-0.3, -0.25) is 0 Å². The van der Waals surface area contributed by atoms with Gasteiger partial charge < -0.3 is 18.8 Å². The van der Waals surface area contributed by atoms with E-state index in [1.165, 1.54) is 0 Å². The van der Waals surface area contributed by atoms with Crippen molar-refractivity contribution in [2.75, 3.05) is 18.7 Å². The molecule has 2 heterocycles. The fourth-order valence-corrected chi connectivity index (χ4v) is 3.48. The second-order valence-electron chi connectivity index (χ2n) is 6.35. The highest BCUT2D eigenvalue weighted by molar-refractivity contribution is 6.32. The minimum absolute atomic E-state index is 0.312. The number of halogens is 1. The van der Waals surface area contributed by atoms with Gasteiger partial charge in [-0.2, -0.15) is 0 Å². The van der Waals surface area contributed by atoms with Crippen LogP contribution in [-0.2, 0) is 6.54 Å². The number of hydrogen-bond donors (Lipinski definition) is 0. The molecule has 4 rings (SSSR count). The first-order valence-corrected chi connectivity index (χ1v) is 8.64. The molecule has 3 aromatic rings. The summed E-state index contributed by atoms with van der Waals surface area (Å²) in [4.78, 5) is 14.2. The van der Waals surface area contributed by atoms with Gasteiger partial charge in [0.1, 0.15) is 17.1 Å². The van der Waals surface area contributed by atoms with E-state index in [0.717, 1.165) is 28.0 Å². The van der Waals surface area contributed by atoms with Crippen LogP contribution in [0.4, 0.5) is 5.69 Å². The second kappa shape index (κ2) is 6.25. The van der Waals surface area contributed by atoms with Crippen LogP contribution < -0.4 is 20.0 Å². The number of hydrogen-bond acceptors (Lipinski definition) is 5. The molecule has 5 nitrogen and oxygen atoms in total. The van der Waals surface area contributed by atoms with E-state index >= 15 is 0 Å². The van der Waals surface area contributed by atoms with Crippen LogP contribution in [0.2, 0.25) is 5.02 Å². The largest absolute Gasteiger partial charge is 0.495 e. The summed E-state index contributed by atoms with van der Waals surface area (Å²) in [7, 11) is 1.58. The number of anilines is 1. The first kappa shape index (κ1) is 16.8. The van der Waals surface area contributed by atoms with E-state index in [9.17, 15) is 4.79 Å². The molecule has 0 radical (unpaired) electrons. The lowest BCUT2D eigenvalue weighted by Gasteiger charge is -2.31. The molecule has 0 spiro atoms. The lowest BCUT2D eigenvalue weighted by molar-refractivity contribution is 0.289. The van der Waals surface area contributed by atoms with E-state index in [1.54, 1.807) is 14.0 Å². The predicted octanol–water partition coefficient (Wildman–Crippen LogP) is 4.43. The summed E-state index contributed by atoms with van der Waals surface area (Å²) < 4.78 is 16.7. The second-order valence-corrected chi connectivity index (χ2v) is 6.76. The number of benzene rings is 2. The van der Waals surface area contributed by atoms with E-state index in [1.807, 2.05) is 42.2 Å². The van der Waals surface area contributed by atoms with Crippen molar-refractivity contribution in [2.45, 2.75) is 20.4 Å². The van der Waals surface area contributed by atoms with Gasteiger partial charge in [-0.1, -0.05) is 11.6 Å². The maximum absolute atomic E-state index is 12.2. The van der Waals surface area contributed by atoms with Crippen LogP contribution in [-0.4, -0.2) is 13.8 Å². The fraction of sp³-hybridized carbons (Fsp3) is 0.250. The Kier molecular flexibility index (Phi) is 4.04. The van der Waals surface area contributed by atoms with E-state index in [-0.39, 0.29) is 5.63 Å². The molecule has 2 aromatic carbocycles. The number of rotatable bonds is 2. The van der Waals surface area contributed by atoms with Crippen LogP contribution in [0.15, 0.2) is 39.5 Å². The van der Waals surface area contributed by atoms with Gasteiger partial charge in [-0.15, -0.1) is 0 Å². The monoisotopic (exact) mass is 371 g/mol. The van der Waals surface area contributed by atoms with Crippen LogP contribution in [0, 0.1) is 13.8 Å². The molecule has 0 aliphatic carbocycles. The molecule has 0 bridgehead atoms. The lowest BCUT2D eigenvalue weighted by atomic mass is 10.0. The van der Waals surface area contributed by atoms with Crippen LogP contribution in [0.25, 0.3) is 11.0 Å². The van der Waals surface area contributed by atoms with Crippen molar-refractivity contribution in [1.82, 2.24) is 0 Å². The molecule has 0 fully saturated rings. The first-order chi connectivity index (χ1) is 12.5. The van der Waals surface area contributed by atoms with Gasteiger partial charge in [0.15, 0.2) is 6.73 Å². The smallest absolute Gasteiger partial charge is 0.339 e. The minimum Gasteiger partial charge on any atom is -0.495 e. The van der Waals surface area contributed by atoms with E-state index in [4.69, 9.17) is 25.5 Å². The number of aryl methyl sites for hydroxylation is 1. The standard InChI is InChI=1S/C20H18ClNO4/c1-11-12(2)20(23)26-19-14(11)5-7-17-15(19)9-22(10-25-17)13-4-6-18(24-3)16(21)8-13/h4-8H,9-10H2,1-3H3. The first-order valence-electron chi connectivity index (χ1n) is 8.26. The van der Waals surface area contributed by atoms with E-state index in [0.29, 0.717) is 35.2 Å². The number of methoxy groups -OCH3 is 1. The van der Waals surface area contributed by atoms with Crippen LogP contribution in [0.5, 0.6) is 11.5 Å². The maximum Gasteiger partial charge on any atom is 0.339 e. The average molecular weight is 372 g/mol. The third-order valence-corrected chi connectivity index (χ3v) is 5.21. The highest BCUT2D eigenvalue weighted by Crippen LogP contribution is 2.36. The van der Waals surface area contributed by atoms with Crippen molar-refractivity contribution >= 4 is 28.3 Å². The summed E-state index contributed by atoms with van der Waals surface area (Å²) in [5.41, 5.74) is 3.61. The van der Waals surface area contributed by atoms with Crippen molar-refractivity contribution in [3.63, 3.8) is 0 Å². The summed E-state index contributed by atoms with van der Waals surface area (Å²) in [6, 6.07) is 9.47. The molecule has 0 atom stereocenters. The van der Waals surface area contributed by atoms with Gasteiger partial charge in [0.05, 0.1) is 24.2 Å². The molecule has 0 amide bonds. The molecule has 134 valence electrons. The van der Waals surface area contributed by atoms with Gasteiger partial charge in [-0.05, 0) is 49.7 Å². The SMILES string of the molecule is COc1ccc(N2COc3ccc4c(C)c(C)c(=O)oc4c3C2)cc1Cl. The van der Waals surface area contributed by atoms with Crippen LogP contribution in [0.3, 0.4) is 0 Å². The Morgan fingerprint density at radius 3 is 2.69 bits per heavy atom. The number of fused-ring (bicyclic) bond motifs is 3. The molecule has 1 aromatic heterocycles. The van der Waals surface area contributed by atoms with Crippen molar-refractivity contribution < 1.29 is 13.9 Å². The summed E-state index contributed by atoms with van der Waals surface area (Å²) in [6.45, 7) is 4.66. The normalized spacial score (nSPS) is 13.5. The molecular formula is C20H18ClNO4. The highest BCUT2D eigenvalue weighted by Gasteiger charge is 2.23. The summed E-state index contributed by atoms with van der Waals surface area (Å²) in [5, 5.41) is 1.46. The van der Waals surface area contributed by atoms with Crippen molar-refractivity contribution in [3.05, 3.63) is 62.5 Å². The Morgan fingerprint density at radius 1 is 1.15 bits per heavy atom. The van der Waals surface area contributed by atoms with Crippen LogP contribution >= 0.6 is 11.6 Å². The zero-order valence-electron chi connectivity index (χ0n) is 14.8. The van der Waals surface area contributed by atoms with Crippen LogP contribution in [0.1, 0.15) is 16.7 Å². The third-order valence-electron chi connectivity index (χ3n) is 4.91. The van der Waals surface area contributed by atoms with Gasteiger partial charge in [0, 0.05) is 16.6 Å². The highest BCUT2D eigenvalue weighted by atomic mass is 35.5. The Labute approximate surface area is 155 Å². The Bertz CT molecular complexity index is 1070. The molecule has 6 heteroatoms. The quantitative estimate of drug-likeness (QED) is 0.624. The number of ether oxygens (including phenoxy) is 2. The molecule has 1 aliphatic rings. The molecule has 0 saturated carbocycles. The molecule has 0 saturated heterocycles. The predicted molar refractivity (Wildman–Crippen MR) is 102 cm³/mol. The average Bonchev–Trinajstić information content (AvgIpc) is 2.65. The summed E-state index contributed by atoms with van der Waals surface area (Å²) in [5.74, 6) is 1.36. The Morgan fingerprint density at radius 2 is 1.96 bits per heavy atom. The zero-order chi connectivity index (χ0) is 18.4.